The number of rotatable bonds is 4. The van der Waals surface area contributed by atoms with E-state index in [1.807, 2.05) is 12.4 Å². The van der Waals surface area contributed by atoms with Gasteiger partial charge in [-0.25, -0.2) is 4.98 Å². The summed E-state index contributed by atoms with van der Waals surface area (Å²) in [7, 11) is 1.71. The van der Waals surface area contributed by atoms with Crippen LogP contribution < -0.4 is 0 Å². The molecule has 1 heterocycles. The van der Waals surface area contributed by atoms with E-state index in [0.717, 1.165) is 19.0 Å². The Kier molecular flexibility index (Phi) is 3.29. The summed E-state index contributed by atoms with van der Waals surface area (Å²) in [6.07, 6.45) is 3.83. The molecule has 0 N–H and O–H groups in total. The number of nitrogens with zero attached hydrogens (tertiary/aromatic N) is 2. The molecule has 1 rings (SSSR count). The van der Waals surface area contributed by atoms with E-state index in [-0.39, 0.29) is 0 Å². The van der Waals surface area contributed by atoms with Crippen molar-refractivity contribution in [3.63, 3.8) is 0 Å². The van der Waals surface area contributed by atoms with Crippen molar-refractivity contribution < 1.29 is 4.74 Å². The maximum Gasteiger partial charge on any atom is 0.111 e. The van der Waals surface area contributed by atoms with Crippen molar-refractivity contribution in [2.45, 2.75) is 26.3 Å². The van der Waals surface area contributed by atoms with Gasteiger partial charge in [0.25, 0.3) is 0 Å². The maximum absolute atomic E-state index is 5.00. The summed E-state index contributed by atoms with van der Waals surface area (Å²) in [6, 6.07) is 0. The molecule has 0 aliphatic rings. The molecule has 1 aromatic heterocycles. The first kappa shape index (κ1) is 9.26. The predicted molar refractivity (Wildman–Crippen MR) is 48.2 cm³/mol. The average molecular weight is 168 g/mol. The highest BCUT2D eigenvalue weighted by Gasteiger charge is 2.05. The molecule has 0 atom stereocenters. The third-order valence-electron chi connectivity index (χ3n) is 1.80. The second kappa shape index (κ2) is 4.26. The van der Waals surface area contributed by atoms with E-state index >= 15 is 0 Å². The molecule has 68 valence electrons. The second-order valence-corrected chi connectivity index (χ2v) is 3.13. The Morgan fingerprint density at radius 3 is 2.92 bits per heavy atom. The average Bonchev–Trinajstić information content (AvgIpc) is 2.48. The maximum atomic E-state index is 5.00. The normalized spacial score (nSPS) is 11.0. The van der Waals surface area contributed by atoms with Gasteiger partial charge >= 0.3 is 0 Å². The number of ether oxygens (including phenoxy) is 1. The molecule has 1 aromatic rings. The fourth-order valence-electron chi connectivity index (χ4n) is 1.20. The Morgan fingerprint density at radius 2 is 2.33 bits per heavy atom. The van der Waals surface area contributed by atoms with Crippen molar-refractivity contribution in [2.24, 2.45) is 0 Å². The highest BCUT2D eigenvalue weighted by molar-refractivity contribution is 4.97. The van der Waals surface area contributed by atoms with Crippen LogP contribution in [0, 0.1) is 0 Å². The zero-order valence-electron chi connectivity index (χ0n) is 7.95. The third kappa shape index (κ3) is 2.08. The van der Waals surface area contributed by atoms with E-state index in [4.69, 9.17) is 4.74 Å². The minimum Gasteiger partial charge on any atom is -0.383 e. The van der Waals surface area contributed by atoms with E-state index in [1.54, 1.807) is 7.11 Å². The van der Waals surface area contributed by atoms with E-state index in [1.165, 1.54) is 0 Å². The van der Waals surface area contributed by atoms with Gasteiger partial charge in [0.2, 0.25) is 0 Å². The van der Waals surface area contributed by atoms with Crippen molar-refractivity contribution in [1.29, 1.82) is 0 Å². The molecule has 12 heavy (non-hydrogen) atoms. The lowest BCUT2D eigenvalue weighted by Crippen LogP contribution is -2.08. The minimum absolute atomic E-state index is 0.483. The smallest absolute Gasteiger partial charge is 0.111 e. The van der Waals surface area contributed by atoms with Crippen molar-refractivity contribution in [3.8, 4) is 0 Å². The zero-order valence-corrected chi connectivity index (χ0v) is 7.95. The minimum atomic E-state index is 0.483. The zero-order chi connectivity index (χ0) is 8.97. The molecule has 3 heteroatoms. The van der Waals surface area contributed by atoms with Gasteiger partial charge < -0.3 is 9.30 Å². The van der Waals surface area contributed by atoms with Gasteiger partial charge in [0.05, 0.1) is 6.61 Å². The largest absolute Gasteiger partial charge is 0.383 e. The van der Waals surface area contributed by atoms with Crippen LogP contribution >= 0.6 is 0 Å². The Labute approximate surface area is 73.4 Å². The van der Waals surface area contributed by atoms with E-state index < -0.39 is 0 Å². The van der Waals surface area contributed by atoms with E-state index in [2.05, 4.69) is 23.4 Å². The number of aromatic nitrogens is 2. The molecule has 0 amide bonds. The highest BCUT2D eigenvalue weighted by Crippen LogP contribution is 2.10. The predicted octanol–water partition coefficient (Wildman–Crippen LogP) is 1.65. The molecular formula is C9H16N2O. The van der Waals surface area contributed by atoms with Crippen molar-refractivity contribution in [3.05, 3.63) is 18.2 Å². The Morgan fingerprint density at radius 1 is 1.58 bits per heavy atom. The first-order valence-corrected chi connectivity index (χ1v) is 4.25. The summed E-state index contributed by atoms with van der Waals surface area (Å²) in [6.45, 7) is 5.93. The van der Waals surface area contributed by atoms with Gasteiger partial charge in [0.15, 0.2) is 0 Å². The number of methoxy groups -OCH3 is 1. The summed E-state index contributed by atoms with van der Waals surface area (Å²) in [5, 5.41) is 0. The van der Waals surface area contributed by atoms with Crippen molar-refractivity contribution in [2.75, 3.05) is 13.7 Å². The van der Waals surface area contributed by atoms with Crippen LogP contribution in [0.2, 0.25) is 0 Å². The summed E-state index contributed by atoms with van der Waals surface area (Å²) in [5.74, 6) is 1.61. The Bertz CT molecular complexity index is 230. The summed E-state index contributed by atoms with van der Waals surface area (Å²) in [4.78, 5) is 4.28. The van der Waals surface area contributed by atoms with Gasteiger partial charge in [-0.2, -0.15) is 0 Å². The van der Waals surface area contributed by atoms with E-state index in [0.29, 0.717) is 5.92 Å². The fourth-order valence-corrected chi connectivity index (χ4v) is 1.20. The summed E-state index contributed by atoms with van der Waals surface area (Å²) in [5.41, 5.74) is 0. The van der Waals surface area contributed by atoms with Crippen LogP contribution in [0.15, 0.2) is 12.4 Å². The van der Waals surface area contributed by atoms with Crippen LogP contribution in [0.3, 0.4) is 0 Å². The Hall–Kier alpha value is -0.830. The number of imidazole rings is 1. The second-order valence-electron chi connectivity index (χ2n) is 3.13. The van der Waals surface area contributed by atoms with Gasteiger partial charge in [-0.15, -0.1) is 0 Å². The molecule has 0 unspecified atom stereocenters. The van der Waals surface area contributed by atoms with Gasteiger partial charge in [0.1, 0.15) is 5.82 Å². The van der Waals surface area contributed by atoms with Crippen LogP contribution in [0.5, 0.6) is 0 Å². The lowest BCUT2D eigenvalue weighted by Gasteiger charge is -2.08. The molecule has 3 nitrogen and oxygen atoms in total. The lowest BCUT2D eigenvalue weighted by molar-refractivity contribution is 0.186. The summed E-state index contributed by atoms with van der Waals surface area (Å²) >= 11 is 0. The molecule has 0 radical (unpaired) electrons. The molecule has 0 spiro atoms. The fraction of sp³-hybridized carbons (Fsp3) is 0.667. The van der Waals surface area contributed by atoms with Crippen LogP contribution in [-0.2, 0) is 11.3 Å². The topological polar surface area (TPSA) is 27.1 Å². The standard InChI is InChI=1S/C9H16N2O/c1-8(2)9-10-4-5-11(9)6-7-12-3/h4-5,8H,6-7H2,1-3H3. The molecule has 0 saturated heterocycles. The molecule has 0 fully saturated rings. The first-order chi connectivity index (χ1) is 5.75. The molecular weight excluding hydrogens is 152 g/mol. The number of hydrogen-bond acceptors (Lipinski definition) is 2. The SMILES string of the molecule is COCCn1ccnc1C(C)C. The highest BCUT2D eigenvalue weighted by atomic mass is 16.5. The third-order valence-corrected chi connectivity index (χ3v) is 1.80. The quantitative estimate of drug-likeness (QED) is 0.683. The van der Waals surface area contributed by atoms with Crippen molar-refractivity contribution >= 4 is 0 Å². The summed E-state index contributed by atoms with van der Waals surface area (Å²) < 4.78 is 7.13. The molecule has 0 saturated carbocycles. The lowest BCUT2D eigenvalue weighted by atomic mass is 10.2. The first-order valence-electron chi connectivity index (χ1n) is 4.25. The molecule has 0 aromatic carbocycles. The van der Waals surface area contributed by atoms with Gasteiger partial charge in [-0.1, -0.05) is 13.8 Å². The van der Waals surface area contributed by atoms with Crippen LogP contribution in [0.25, 0.3) is 0 Å². The van der Waals surface area contributed by atoms with Gasteiger partial charge in [-0.3, -0.25) is 0 Å². The van der Waals surface area contributed by atoms with Crippen LogP contribution in [0.4, 0.5) is 0 Å². The van der Waals surface area contributed by atoms with Crippen LogP contribution in [-0.4, -0.2) is 23.3 Å². The molecule has 0 aliphatic heterocycles. The van der Waals surface area contributed by atoms with Gasteiger partial charge in [-0.05, 0) is 0 Å². The molecule has 0 bridgehead atoms. The van der Waals surface area contributed by atoms with Crippen molar-refractivity contribution in [1.82, 2.24) is 9.55 Å². The van der Waals surface area contributed by atoms with Crippen LogP contribution in [0.1, 0.15) is 25.6 Å². The molecule has 0 aliphatic carbocycles. The van der Waals surface area contributed by atoms with E-state index in [9.17, 15) is 0 Å². The Balaban J connectivity index is 2.64. The van der Waals surface area contributed by atoms with Gasteiger partial charge in [0, 0.05) is 32.0 Å². The monoisotopic (exact) mass is 168 g/mol. The number of hydrogen-bond donors (Lipinski definition) is 0.